The third-order valence-corrected chi connectivity index (χ3v) is 4.71. The Labute approximate surface area is 126 Å². The SMILES string of the molecule is CCn1cc(C2CN(C(=O)CC3CCCC3)CCO2)cn1. The molecule has 1 saturated carbocycles. The molecule has 0 spiro atoms. The molecule has 1 saturated heterocycles. The van der Waals surface area contributed by atoms with E-state index in [1.807, 2.05) is 22.0 Å². The van der Waals surface area contributed by atoms with Crippen molar-refractivity contribution >= 4 is 5.91 Å². The molecule has 116 valence electrons. The fourth-order valence-corrected chi connectivity index (χ4v) is 3.39. The molecule has 1 aromatic rings. The lowest BCUT2D eigenvalue weighted by molar-refractivity contribution is -0.140. The van der Waals surface area contributed by atoms with Gasteiger partial charge in [-0.2, -0.15) is 5.10 Å². The van der Waals surface area contributed by atoms with Gasteiger partial charge in [-0.15, -0.1) is 0 Å². The van der Waals surface area contributed by atoms with Crippen molar-refractivity contribution in [3.8, 4) is 0 Å². The highest BCUT2D eigenvalue weighted by molar-refractivity contribution is 5.76. The monoisotopic (exact) mass is 291 g/mol. The van der Waals surface area contributed by atoms with Crippen molar-refractivity contribution in [3.05, 3.63) is 18.0 Å². The number of aromatic nitrogens is 2. The van der Waals surface area contributed by atoms with Crippen LogP contribution in [0, 0.1) is 5.92 Å². The number of ether oxygens (including phenoxy) is 1. The third-order valence-electron chi connectivity index (χ3n) is 4.71. The second-order valence-electron chi connectivity index (χ2n) is 6.18. The predicted octanol–water partition coefficient (Wildman–Crippen LogP) is 2.38. The zero-order valence-corrected chi connectivity index (χ0v) is 12.8. The normalized spacial score (nSPS) is 23.7. The molecular weight excluding hydrogens is 266 g/mol. The molecule has 2 heterocycles. The maximum absolute atomic E-state index is 12.4. The maximum atomic E-state index is 12.4. The number of aryl methyl sites for hydroxylation is 1. The van der Waals surface area contributed by atoms with Gasteiger partial charge in [-0.25, -0.2) is 0 Å². The summed E-state index contributed by atoms with van der Waals surface area (Å²) < 4.78 is 7.73. The number of rotatable bonds is 4. The molecule has 5 heteroatoms. The van der Waals surface area contributed by atoms with Crippen molar-refractivity contribution < 1.29 is 9.53 Å². The van der Waals surface area contributed by atoms with Gasteiger partial charge in [0, 0.05) is 31.3 Å². The summed E-state index contributed by atoms with van der Waals surface area (Å²) in [5, 5.41) is 4.30. The highest BCUT2D eigenvalue weighted by Gasteiger charge is 2.28. The van der Waals surface area contributed by atoms with Crippen molar-refractivity contribution in [2.75, 3.05) is 19.7 Å². The van der Waals surface area contributed by atoms with E-state index in [4.69, 9.17) is 4.74 Å². The van der Waals surface area contributed by atoms with Gasteiger partial charge in [-0.3, -0.25) is 9.48 Å². The zero-order chi connectivity index (χ0) is 14.7. The summed E-state index contributed by atoms with van der Waals surface area (Å²) >= 11 is 0. The van der Waals surface area contributed by atoms with Gasteiger partial charge in [0.2, 0.25) is 5.91 Å². The highest BCUT2D eigenvalue weighted by atomic mass is 16.5. The molecular formula is C16H25N3O2. The largest absolute Gasteiger partial charge is 0.370 e. The number of amides is 1. The quantitative estimate of drug-likeness (QED) is 0.855. The average molecular weight is 291 g/mol. The molecule has 0 N–H and O–H groups in total. The van der Waals surface area contributed by atoms with Crippen LogP contribution in [0.4, 0.5) is 0 Å². The van der Waals surface area contributed by atoms with E-state index < -0.39 is 0 Å². The van der Waals surface area contributed by atoms with Crippen LogP contribution in [0.5, 0.6) is 0 Å². The Hall–Kier alpha value is -1.36. The standard InChI is InChI=1S/C16H25N3O2/c1-2-19-11-14(10-17-19)15-12-18(7-8-21-15)16(20)9-13-5-3-4-6-13/h10-11,13,15H,2-9,12H2,1H3. The fourth-order valence-electron chi connectivity index (χ4n) is 3.39. The van der Waals surface area contributed by atoms with Gasteiger partial charge in [0.15, 0.2) is 0 Å². The van der Waals surface area contributed by atoms with Crippen LogP contribution >= 0.6 is 0 Å². The molecule has 0 aromatic carbocycles. The first-order chi connectivity index (χ1) is 10.3. The minimum Gasteiger partial charge on any atom is -0.370 e. The molecule has 1 aliphatic heterocycles. The van der Waals surface area contributed by atoms with Gasteiger partial charge in [-0.05, 0) is 25.7 Å². The van der Waals surface area contributed by atoms with E-state index in [-0.39, 0.29) is 6.10 Å². The topological polar surface area (TPSA) is 47.4 Å². The molecule has 2 fully saturated rings. The van der Waals surface area contributed by atoms with E-state index in [1.54, 1.807) is 0 Å². The van der Waals surface area contributed by atoms with Crippen molar-refractivity contribution in [3.63, 3.8) is 0 Å². The highest BCUT2D eigenvalue weighted by Crippen LogP contribution is 2.29. The Balaban J connectivity index is 1.58. The smallest absolute Gasteiger partial charge is 0.223 e. The van der Waals surface area contributed by atoms with Crippen LogP contribution in [0.3, 0.4) is 0 Å². The van der Waals surface area contributed by atoms with Crippen molar-refractivity contribution in [1.29, 1.82) is 0 Å². The van der Waals surface area contributed by atoms with Crippen LogP contribution in [-0.4, -0.2) is 40.3 Å². The van der Waals surface area contributed by atoms with E-state index in [9.17, 15) is 4.79 Å². The van der Waals surface area contributed by atoms with Gasteiger partial charge < -0.3 is 9.64 Å². The predicted molar refractivity (Wildman–Crippen MR) is 79.7 cm³/mol. The summed E-state index contributed by atoms with van der Waals surface area (Å²) in [6.07, 6.45) is 9.62. The van der Waals surface area contributed by atoms with Crippen molar-refractivity contribution in [1.82, 2.24) is 14.7 Å². The molecule has 5 nitrogen and oxygen atoms in total. The van der Waals surface area contributed by atoms with Crippen LogP contribution in [0.2, 0.25) is 0 Å². The summed E-state index contributed by atoms with van der Waals surface area (Å²) in [6.45, 7) is 4.94. The molecule has 0 bridgehead atoms. The number of nitrogens with zero attached hydrogens (tertiary/aromatic N) is 3. The van der Waals surface area contributed by atoms with Gasteiger partial charge in [-0.1, -0.05) is 12.8 Å². The van der Waals surface area contributed by atoms with Gasteiger partial charge >= 0.3 is 0 Å². The molecule has 1 aliphatic carbocycles. The van der Waals surface area contributed by atoms with E-state index in [0.29, 0.717) is 25.0 Å². The summed E-state index contributed by atoms with van der Waals surface area (Å²) in [5.74, 6) is 0.916. The summed E-state index contributed by atoms with van der Waals surface area (Å²) in [7, 11) is 0. The van der Waals surface area contributed by atoms with Crippen LogP contribution in [0.15, 0.2) is 12.4 Å². The molecule has 1 amide bonds. The summed E-state index contributed by atoms with van der Waals surface area (Å²) in [6, 6.07) is 0. The minimum absolute atomic E-state index is 0.0217. The van der Waals surface area contributed by atoms with E-state index in [0.717, 1.165) is 25.1 Å². The molecule has 1 unspecified atom stereocenters. The average Bonchev–Trinajstić information content (AvgIpc) is 3.18. The Morgan fingerprint density at radius 2 is 2.24 bits per heavy atom. The van der Waals surface area contributed by atoms with E-state index in [1.165, 1.54) is 25.7 Å². The lowest BCUT2D eigenvalue weighted by atomic mass is 10.0. The van der Waals surface area contributed by atoms with Crippen LogP contribution in [0.1, 0.15) is 50.7 Å². The number of carbonyl (C=O) groups is 1. The molecule has 1 atom stereocenters. The number of morpholine rings is 1. The number of carbonyl (C=O) groups excluding carboxylic acids is 1. The van der Waals surface area contributed by atoms with Crippen molar-refractivity contribution in [2.45, 2.75) is 51.7 Å². The molecule has 3 rings (SSSR count). The maximum Gasteiger partial charge on any atom is 0.223 e. The number of hydrogen-bond donors (Lipinski definition) is 0. The Bertz CT molecular complexity index is 480. The van der Waals surface area contributed by atoms with Crippen LogP contribution < -0.4 is 0 Å². The Morgan fingerprint density at radius 3 is 2.95 bits per heavy atom. The Morgan fingerprint density at radius 1 is 1.43 bits per heavy atom. The first-order valence-electron chi connectivity index (χ1n) is 8.18. The van der Waals surface area contributed by atoms with Gasteiger partial charge in [0.05, 0.1) is 19.3 Å². The summed E-state index contributed by atoms with van der Waals surface area (Å²) in [4.78, 5) is 14.4. The second-order valence-corrected chi connectivity index (χ2v) is 6.18. The molecule has 2 aliphatic rings. The summed E-state index contributed by atoms with van der Waals surface area (Å²) in [5.41, 5.74) is 1.08. The second kappa shape index (κ2) is 6.60. The zero-order valence-electron chi connectivity index (χ0n) is 12.8. The van der Waals surface area contributed by atoms with E-state index >= 15 is 0 Å². The molecule has 21 heavy (non-hydrogen) atoms. The van der Waals surface area contributed by atoms with Crippen LogP contribution in [0.25, 0.3) is 0 Å². The van der Waals surface area contributed by atoms with Gasteiger partial charge in [0.1, 0.15) is 6.10 Å². The lowest BCUT2D eigenvalue weighted by Gasteiger charge is -2.33. The molecule has 1 aromatic heterocycles. The first kappa shape index (κ1) is 14.6. The van der Waals surface area contributed by atoms with Crippen LogP contribution in [-0.2, 0) is 16.1 Å². The van der Waals surface area contributed by atoms with Gasteiger partial charge in [0.25, 0.3) is 0 Å². The first-order valence-corrected chi connectivity index (χ1v) is 8.18. The van der Waals surface area contributed by atoms with E-state index in [2.05, 4.69) is 12.0 Å². The van der Waals surface area contributed by atoms with Crippen molar-refractivity contribution in [2.24, 2.45) is 5.92 Å². The fraction of sp³-hybridized carbons (Fsp3) is 0.750. The minimum atomic E-state index is -0.0217. The third kappa shape index (κ3) is 3.46. The Kier molecular flexibility index (Phi) is 4.58. The lowest BCUT2D eigenvalue weighted by Crippen LogP contribution is -2.42. The number of hydrogen-bond acceptors (Lipinski definition) is 3. The molecule has 0 radical (unpaired) electrons.